The Labute approximate surface area is 214 Å². The van der Waals surface area contributed by atoms with Crippen molar-refractivity contribution in [1.29, 1.82) is 0 Å². The highest BCUT2D eigenvalue weighted by atomic mass is 19.4. The van der Waals surface area contributed by atoms with E-state index in [2.05, 4.69) is 10.4 Å². The Morgan fingerprint density at radius 1 is 1.08 bits per heavy atom. The highest BCUT2D eigenvalue weighted by Gasteiger charge is 2.42. The summed E-state index contributed by atoms with van der Waals surface area (Å²) in [5.74, 6) is -5.24. The van der Waals surface area contributed by atoms with Crippen molar-refractivity contribution >= 4 is 17.7 Å². The molecule has 0 fully saturated rings. The van der Waals surface area contributed by atoms with E-state index in [4.69, 9.17) is 5.11 Å². The molecule has 1 aromatic heterocycles. The number of benzene rings is 2. The molecular formula is C26H25F5N4O3. The van der Waals surface area contributed by atoms with Gasteiger partial charge in [0.05, 0.1) is 23.7 Å². The Kier molecular flexibility index (Phi) is 7.18. The molecule has 0 aliphatic carbocycles. The number of carbonyl (C=O) groups is 2. The molecule has 2 heterocycles. The maximum absolute atomic E-state index is 14.9. The summed E-state index contributed by atoms with van der Waals surface area (Å²) >= 11 is 0. The number of rotatable bonds is 8. The van der Waals surface area contributed by atoms with Crippen LogP contribution in [0.15, 0.2) is 48.5 Å². The standard InChI is InChI=1S/C26H25F5N4O3/c1-3-25(27,28)21-20(22(36)32-15(2)17-7-9-18(10-8-17)24(37)38)23-34(11-12-35(23)33-21)14-16-5-4-6-19(13-16)26(29,30)31/h4-10,13,15H,3,11-12,14H2,1-2H3,(H,32,36)(H,37,38)/t15-/m0/s1. The second kappa shape index (κ2) is 10.1. The molecule has 7 nitrogen and oxygen atoms in total. The zero-order valence-electron chi connectivity index (χ0n) is 20.5. The first-order chi connectivity index (χ1) is 17.8. The molecule has 1 aliphatic rings. The lowest BCUT2D eigenvalue weighted by atomic mass is 10.0. The lowest BCUT2D eigenvalue weighted by Crippen LogP contribution is -2.31. The number of carboxylic acid groups (broad SMARTS) is 1. The number of nitrogens with one attached hydrogen (secondary N) is 1. The van der Waals surface area contributed by atoms with Crippen LogP contribution in [0.4, 0.5) is 27.8 Å². The highest BCUT2D eigenvalue weighted by Crippen LogP contribution is 2.40. The topological polar surface area (TPSA) is 87.5 Å². The van der Waals surface area contributed by atoms with E-state index in [9.17, 15) is 31.5 Å². The van der Waals surface area contributed by atoms with Gasteiger partial charge < -0.3 is 15.3 Å². The van der Waals surface area contributed by atoms with E-state index in [0.717, 1.165) is 12.1 Å². The van der Waals surface area contributed by atoms with Crippen LogP contribution in [0.2, 0.25) is 0 Å². The van der Waals surface area contributed by atoms with E-state index >= 15 is 0 Å². The first kappa shape index (κ1) is 27.1. The van der Waals surface area contributed by atoms with E-state index in [1.807, 2.05) is 0 Å². The summed E-state index contributed by atoms with van der Waals surface area (Å²) in [6.07, 6.45) is -5.15. The molecule has 1 atom stereocenters. The Morgan fingerprint density at radius 2 is 1.76 bits per heavy atom. The molecule has 1 amide bonds. The summed E-state index contributed by atoms with van der Waals surface area (Å²) < 4.78 is 70.7. The van der Waals surface area contributed by atoms with E-state index in [1.54, 1.807) is 11.8 Å². The lowest BCUT2D eigenvalue weighted by molar-refractivity contribution is -0.137. The normalized spacial score (nSPS) is 14.3. The van der Waals surface area contributed by atoms with Crippen LogP contribution in [0.5, 0.6) is 0 Å². The Hall–Kier alpha value is -3.96. The first-order valence-electron chi connectivity index (χ1n) is 11.9. The molecule has 1 aliphatic heterocycles. The number of halogens is 5. The fraction of sp³-hybridized carbons (Fsp3) is 0.346. The van der Waals surface area contributed by atoms with E-state index in [0.29, 0.717) is 11.1 Å². The number of carbonyl (C=O) groups excluding carboxylic acids is 1. The van der Waals surface area contributed by atoms with E-state index in [-0.39, 0.29) is 36.6 Å². The van der Waals surface area contributed by atoms with Gasteiger partial charge in [-0.25, -0.2) is 9.48 Å². The van der Waals surface area contributed by atoms with Crippen molar-refractivity contribution in [3.8, 4) is 0 Å². The largest absolute Gasteiger partial charge is 0.478 e. The Bertz CT molecular complexity index is 1350. The lowest BCUT2D eigenvalue weighted by Gasteiger charge is -2.22. The van der Waals surface area contributed by atoms with Gasteiger partial charge in [-0.15, -0.1) is 0 Å². The molecule has 3 aromatic rings. The molecule has 4 rings (SSSR count). The number of hydrogen-bond acceptors (Lipinski definition) is 4. The molecular weight excluding hydrogens is 511 g/mol. The number of nitrogens with zero attached hydrogens (tertiary/aromatic N) is 3. The second-order valence-electron chi connectivity index (χ2n) is 9.07. The SMILES string of the molecule is CCC(F)(F)c1nn2c(c1C(=O)N[C@@H](C)c1ccc(C(=O)O)cc1)N(Cc1cccc(C(F)(F)F)c1)CC2. The van der Waals surface area contributed by atoms with Crippen LogP contribution in [-0.4, -0.2) is 33.3 Å². The molecule has 202 valence electrons. The van der Waals surface area contributed by atoms with Crippen LogP contribution >= 0.6 is 0 Å². The molecule has 0 radical (unpaired) electrons. The molecule has 0 unspecified atom stereocenters. The van der Waals surface area contributed by atoms with Gasteiger partial charge in [-0.1, -0.05) is 31.2 Å². The number of alkyl halides is 5. The second-order valence-corrected chi connectivity index (χ2v) is 9.07. The van der Waals surface area contributed by atoms with Gasteiger partial charge in [0.1, 0.15) is 17.1 Å². The van der Waals surface area contributed by atoms with Crippen molar-refractivity contribution in [2.75, 3.05) is 11.4 Å². The third-order valence-electron chi connectivity index (χ3n) is 6.46. The summed E-state index contributed by atoms with van der Waals surface area (Å²) in [5.41, 5.74) is -0.961. The van der Waals surface area contributed by atoms with Crippen LogP contribution in [0.25, 0.3) is 0 Å². The summed E-state index contributed by atoms with van der Waals surface area (Å²) in [5, 5.41) is 15.8. The molecule has 0 saturated heterocycles. The zero-order valence-corrected chi connectivity index (χ0v) is 20.5. The Morgan fingerprint density at radius 3 is 2.37 bits per heavy atom. The van der Waals surface area contributed by atoms with Gasteiger partial charge >= 0.3 is 12.1 Å². The maximum atomic E-state index is 14.9. The van der Waals surface area contributed by atoms with Crippen LogP contribution in [0.1, 0.15) is 69.4 Å². The van der Waals surface area contributed by atoms with Crippen molar-refractivity contribution in [2.45, 2.75) is 51.5 Å². The number of amides is 1. The number of aromatic carboxylic acids is 1. The third-order valence-corrected chi connectivity index (χ3v) is 6.46. The average molecular weight is 537 g/mol. The van der Waals surface area contributed by atoms with Gasteiger partial charge in [-0.05, 0) is 42.3 Å². The van der Waals surface area contributed by atoms with Gasteiger partial charge in [0, 0.05) is 19.5 Å². The van der Waals surface area contributed by atoms with Crippen molar-refractivity contribution in [2.24, 2.45) is 0 Å². The monoisotopic (exact) mass is 536 g/mol. The van der Waals surface area contributed by atoms with Gasteiger partial charge in [-0.2, -0.15) is 27.1 Å². The fourth-order valence-corrected chi connectivity index (χ4v) is 4.37. The summed E-state index contributed by atoms with van der Waals surface area (Å²) in [4.78, 5) is 26.1. The molecule has 0 bridgehead atoms. The van der Waals surface area contributed by atoms with Crippen molar-refractivity contribution in [1.82, 2.24) is 15.1 Å². The van der Waals surface area contributed by atoms with Crippen LogP contribution < -0.4 is 10.2 Å². The van der Waals surface area contributed by atoms with Crippen molar-refractivity contribution in [3.05, 3.63) is 82.0 Å². The number of hydrogen-bond donors (Lipinski definition) is 2. The third kappa shape index (κ3) is 5.34. The van der Waals surface area contributed by atoms with Crippen molar-refractivity contribution in [3.63, 3.8) is 0 Å². The molecule has 0 spiro atoms. The minimum atomic E-state index is -4.54. The highest BCUT2D eigenvalue weighted by molar-refractivity contribution is 6.01. The fourth-order valence-electron chi connectivity index (χ4n) is 4.37. The average Bonchev–Trinajstić information content (AvgIpc) is 3.44. The van der Waals surface area contributed by atoms with E-state index < -0.39 is 47.7 Å². The Balaban J connectivity index is 1.67. The first-order valence-corrected chi connectivity index (χ1v) is 11.9. The van der Waals surface area contributed by atoms with Gasteiger partial charge in [0.15, 0.2) is 0 Å². The molecule has 0 saturated carbocycles. The van der Waals surface area contributed by atoms with Crippen molar-refractivity contribution < 1.29 is 36.6 Å². The van der Waals surface area contributed by atoms with Gasteiger partial charge in [-0.3, -0.25) is 4.79 Å². The number of aromatic nitrogens is 2. The van der Waals surface area contributed by atoms with Crippen LogP contribution in [-0.2, 0) is 25.2 Å². The van der Waals surface area contributed by atoms with Crippen LogP contribution in [0.3, 0.4) is 0 Å². The summed E-state index contributed by atoms with van der Waals surface area (Å²) in [6.45, 7) is 3.29. The molecule has 12 heteroatoms. The minimum absolute atomic E-state index is 0.0424. The zero-order chi connectivity index (χ0) is 27.8. The number of anilines is 1. The molecule has 2 aromatic carbocycles. The maximum Gasteiger partial charge on any atom is 0.416 e. The summed E-state index contributed by atoms with van der Waals surface area (Å²) in [6, 6.07) is 9.80. The predicted molar refractivity (Wildman–Crippen MR) is 128 cm³/mol. The number of fused-ring (bicyclic) bond motifs is 1. The minimum Gasteiger partial charge on any atom is -0.478 e. The number of carboxylic acids is 1. The van der Waals surface area contributed by atoms with Gasteiger partial charge in [0.25, 0.3) is 11.8 Å². The summed E-state index contributed by atoms with van der Waals surface area (Å²) in [7, 11) is 0. The smallest absolute Gasteiger partial charge is 0.416 e. The van der Waals surface area contributed by atoms with Gasteiger partial charge in [0.2, 0.25) is 0 Å². The van der Waals surface area contributed by atoms with Crippen LogP contribution in [0, 0.1) is 0 Å². The predicted octanol–water partition coefficient (Wildman–Crippen LogP) is 5.61. The van der Waals surface area contributed by atoms with E-state index in [1.165, 1.54) is 48.0 Å². The molecule has 38 heavy (non-hydrogen) atoms. The molecule has 2 N–H and O–H groups in total. The quantitative estimate of drug-likeness (QED) is 0.366.